The number of nitrogens with one attached hydrogen (secondary N) is 1. The highest BCUT2D eigenvalue weighted by molar-refractivity contribution is 6.33. The summed E-state index contributed by atoms with van der Waals surface area (Å²) in [6.07, 6.45) is 1.68. The number of hydrogen-bond donors (Lipinski definition) is 2. The van der Waals surface area contributed by atoms with E-state index in [0.29, 0.717) is 49.1 Å². The third-order valence-electron chi connectivity index (χ3n) is 8.02. The Bertz CT molecular complexity index is 1380. The summed E-state index contributed by atoms with van der Waals surface area (Å²) in [5, 5.41) is 14.0. The van der Waals surface area contributed by atoms with Gasteiger partial charge in [-0.1, -0.05) is 11.6 Å². The molecule has 4 heterocycles. The van der Waals surface area contributed by atoms with Crippen molar-refractivity contribution in [2.45, 2.75) is 81.2 Å². The van der Waals surface area contributed by atoms with Crippen molar-refractivity contribution in [3.63, 3.8) is 0 Å². The average molecular weight is 518 g/mol. The van der Waals surface area contributed by atoms with E-state index >= 15 is 4.39 Å². The molecule has 5 fully saturated rings. The monoisotopic (exact) mass is 517 g/mol. The van der Waals surface area contributed by atoms with Gasteiger partial charge in [0.05, 0.1) is 41.2 Å². The van der Waals surface area contributed by atoms with Crippen molar-refractivity contribution in [2.24, 2.45) is 0 Å². The van der Waals surface area contributed by atoms with Crippen molar-refractivity contribution < 1.29 is 23.4 Å². The second-order valence-corrected chi connectivity index (χ2v) is 11.4. The molecule has 3 aromatic rings. The maximum absolute atomic E-state index is 15.4. The fourth-order valence-corrected chi connectivity index (χ4v) is 6.62. The molecule has 0 amide bonds. The van der Waals surface area contributed by atoms with Crippen molar-refractivity contribution in [1.29, 1.82) is 0 Å². The van der Waals surface area contributed by atoms with Gasteiger partial charge in [0.15, 0.2) is 12.1 Å². The highest BCUT2D eigenvalue weighted by Gasteiger charge is 2.71. The highest BCUT2D eigenvalue weighted by Crippen LogP contribution is 2.70. The van der Waals surface area contributed by atoms with Crippen LogP contribution in [0, 0.1) is 5.82 Å². The molecule has 2 N–H and O–H groups in total. The van der Waals surface area contributed by atoms with Gasteiger partial charge in [-0.15, -0.1) is 0 Å². The quantitative estimate of drug-likeness (QED) is 0.521. The number of anilines is 1. The molecule has 190 valence electrons. The van der Waals surface area contributed by atoms with Crippen LogP contribution in [0.3, 0.4) is 0 Å². The van der Waals surface area contributed by atoms with Crippen LogP contribution in [-0.4, -0.2) is 61.4 Å². The minimum absolute atomic E-state index is 0.00920. The summed E-state index contributed by atoms with van der Waals surface area (Å²) < 4.78 is 42.8. The molecule has 5 aliphatic rings. The van der Waals surface area contributed by atoms with E-state index in [2.05, 4.69) is 20.3 Å². The van der Waals surface area contributed by atoms with Crippen molar-refractivity contribution in [3.05, 3.63) is 35.0 Å². The zero-order chi connectivity index (χ0) is 25.0. The predicted molar refractivity (Wildman–Crippen MR) is 128 cm³/mol. The number of imidazole rings is 1. The Morgan fingerprint density at radius 1 is 1.25 bits per heavy atom. The molecule has 3 saturated carbocycles. The van der Waals surface area contributed by atoms with Gasteiger partial charge in [-0.05, 0) is 51.7 Å². The maximum atomic E-state index is 15.4. The second kappa shape index (κ2) is 7.56. The fraction of sp³-hybridized carbons (Fsp3) is 0.560. The number of aromatic nitrogens is 4. The van der Waals surface area contributed by atoms with Crippen LogP contribution in [0.2, 0.25) is 5.02 Å². The van der Waals surface area contributed by atoms with Crippen molar-refractivity contribution in [1.82, 2.24) is 19.5 Å². The van der Waals surface area contributed by atoms with Crippen LogP contribution in [0.1, 0.15) is 51.4 Å². The van der Waals surface area contributed by atoms with Gasteiger partial charge in [-0.2, -0.15) is 0 Å². The molecule has 0 radical (unpaired) electrons. The Kier molecular flexibility index (Phi) is 4.78. The zero-order valence-electron chi connectivity index (χ0n) is 19.8. The predicted octanol–water partition coefficient (Wildman–Crippen LogP) is 4.30. The molecule has 2 aliphatic heterocycles. The number of halogens is 3. The zero-order valence-corrected chi connectivity index (χ0v) is 20.6. The molecule has 2 aromatic heterocycles. The van der Waals surface area contributed by atoms with Crippen LogP contribution >= 0.6 is 11.6 Å². The molecule has 8 rings (SSSR count). The maximum Gasteiger partial charge on any atom is 0.223 e. The molecule has 0 spiro atoms. The molecular weight excluding hydrogens is 492 g/mol. The second-order valence-electron chi connectivity index (χ2n) is 11.0. The molecule has 4 bridgehead atoms. The first-order valence-electron chi connectivity index (χ1n) is 12.3. The molecule has 36 heavy (non-hydrogen) atoms. The summed E-state index contributed by atoms with van der Waals surface area (Å²) in [7, 11) is 0. The summed E-state index contributed by atoms with van der Waals surface area (Å²) >= 11 is 6.47. The average Bonchev–Trinajstić information content (AvgIpc) is 3.38. The lowest BCUT2D eigenvalue weighted by atomic mass is 9.42. The van der Waals surface area contributed by atoms with Gasteiger partial charge in [-0.3, -0.25) is 0 Å². The number of hydrogen-bond acceptors (Lipinski definition) is 7. The fourth-order valence-electron chi connectivity index (χ4n) is 6.42. The van der Waals surface area contributed by atoms with Gasteiger partial charge in [0.25, 0.3) is 0 Å². The lowest BCUT2D eigenvalue weighted by molar-refractivity contribution is -0.163. The third-order valence-corrected chi connectivity index (χ3v) is 8.29. The van der Waals surface area contributed by atoms with Gasteiger partial charge in [0.1, 0.15) is 23.1 Å². The summed E-state index contributed by atoms with van der Waals surface area (Å²) in [5.41, 5.74) is 0.365. The van der Waals surface area contributed by atoms with Crippen molar-refractivity contribution in [2.75, 3.05) is 11.9 Å². The van der Waals surface area contributed by atoms with Gasteiger partial charge in [-0.25, -0.2) is 23.7 Å². The largest absolute Gasteiger partial charge is 0.386 e. The Hall–Kier alpha value is -2.40. The van der Waals surface area contributed by atoms with E-state index in [1.165, 1.54) is 12.3 Å². The normalized spacial score (nSPS) is 34.6. The lowest BCUT2D eigenvalue weighted by Gasteiger charge is -2.65. The summed E-state index contributed by atoms with van der Waals surface area (Å²) in [6, 6.07) is 2.86. The Morgan fingerprint density at radius 3 is 2.75 bits per heavy atom. The van der Waals surface area contributed by atoms with Gasteiger partial charge >= 0.3 is 0 Å². The van der Waals surface area contributed by atoms with Crippen LogP contribution in [0.15, 0.2) is 18.3 Å². The van der Waals surface area contributed by atoms with E-state index in [0.717, 1.165) is 5.82 Å². The molecule has 3 aliphatic carbocycles. The first-order chi connectivity index (χ1) is 17.1. The number of benzene rings is 1. The molecule has 1 aromatic carbocycles. The van der Waals surface area contributed by atoms with Gasteiger partial charge < -0.3 is 24.5 Å². The van der Waals surface area contributed by atoms with Crippen molar-refractivity contribution >= 4 is 28.6 Å². The number of alkyl halides is 1. The lowest BCUT2D eigenvalue weighted by Crippen LogP contribution is -2.67. The molecule has 0 unspecified atom stereocenters. The topological polar surface area (TPSA) is 94.3 Å². The van der Waals surface area contributed by atoms with Gasteiger partial charge in [0.2, 0.25) is 5.95 Å². The van der Waals surface area contributed by atoms with E-state index in [-0.39, 0.29) is 40.1 Å². The minimum Gasteiger partial charge on any atom is -0.386 e. The Labute approximate surface area is 211 Å². The molecule has 11 heteroatoms. The molecule has 2 saturated heterocycles. The Morgan fingerprint density at radius 2 is 2.03 bits per heavy atom. The number of nitrogens with zero attached hydrogens (tertiary/aromatic N) is 4. The highest BCUT2D eigenvalue weighted by atomic mass is 35.5. The Balaban J connectivity index is 1.27. The van der Waals surface area contributed by atoms with Crippen LogP contribution in [0.5, 0.6) is 0 Å². The molecule has 4 atom stereocenters. The standard InChI is InChI=1S/C25H26ClF2N5O3/c1-11(2)33-17-4-12(3-15(27)19(17)31-22(33)24-8-25(28,9-24)10-24)18-14(26)6-29-23(32-18)30-16-5-13-7-35-21(36-13)20(16)34/h3-4,6,11,13,16,20-21,34H,5,7-10H2,1-2H3,(H,29,30,32)/t13-,16+,20-,21+,24?,25?/m0/s1. The first-order valence-corrected chi connectivity index (χ1v) is 12.7. The number of fused-ring (bicyclic) bond motifs is 3. The SMILES string of the molecule is CC(C)n1c(C23CC(F)(C2)C3)nc2c(F)cc(-c3nc(N[C@@H]4C[C@H]5CO[C@H](O5)[C@H]4O)ncc3Cl)cc21. The smallest absolute Gasteiger partial charge is 0.223 e. The third kappa shape index (κ3) is 3.24. The summed E-state index contributed by atoms with van der Waals surface area (Å²) in [6.45, 7) is 4.47. The molecular formula is C25H26ClF2N5O3. The van der Waals surface area contributed by atoms with E-state index in [4.69, 9.17) is 21.1 Å². The van der Waals surface area contributed by atoms with Gasteiger partial charge in [0, 0.05) is 17.0 Å². The van der Waals surface area contributed by atoms with Crippen LogP contribution < -0.4 is 5.32 Å². The van der Waals surface area contributed by atoms with Crippen molar-refractivity contribution in [3.8, 4) is 11.3 Å². The van der Waals surface area contributed by atoms with Crippen LogP contribution in [0.25, 0.3) is 22.3 Å². The summed E-state index contributed by atoms with van der Waals surface area (Å²) in [5.74, 6) is 0.535. The summed E-state index contributed by atoms with van der Waals surface area (Å²) in [4.78, 5) is 13.5. The van der Waals surface area contributed by atoms with E-state index in [1.54, 1.807) is 0 Å². The number of aliphatic hydroxyl groups is 1. The number of rotatable bonds is 5. The minimum atomic E-state index is -1.08. The number of ether oxygens (including phenoxy) is 2. The van der Waals surface area contributed by atoms with E-state index in [9.17, 15) is 9.50 Å². The van der Waals surface area contributed by atoms with Crippen LogP contribution in [-0.2, 0) is 14.9 Å². The first kappa shape index (κ1) is 22.8. The molecule has 8 nitrogen and oxygen atoms in total. The number of aliphatic hydroxyl groups excluding tert-OH is 1. The van der Waals surface area contributed by atoms with E-state index in [1.807, 2.05) is 24.5 Å². The van der Waals surface area contributed by atoms with E-state index < -0.39 is 23.9 Å². The van der Waals surface area contributed by atoms with Crippen LogP contribution in [0.4, 0.5) is 14.7 Å².